The van der Waals surface area contributed by atoms with Crippen LogP contribution in [0, 0.1) is 13.8 Å². The number of aryl methyl sites for hydroxylation is 2. The van der Waals surface area contributed by atoms with Crippen LogP contribution in [-0.2, 0) is 11.3 Å². The molecule has 0 aliphatic heterocycles. The van der Waals surface area contributed by atoms with E-state index in [1.165, 1.54) is 11.1 Å². The summed E-state index contributed by atoms with van der Waals surface area (Å²) in [5, 5.41) is 0. The number of fused-ring (bicyclic) bond motifs is 1. The van der Waals surface area contributed by atoms with Crippen molar-refractivity contribution in [1.29, 1.82) is 0 Å². The fourth-order valence-corrected chi connectivity index (χ4v) is 4.62. The summed E-state index contributed by atoms with van der Waals surface area (Å²) in [5.74, 6) is -0.204. The minimum atomic E-state index is -0.204. The molecule has 3 aromatic rings. The molecule has 1 heterocycles. The maximum atomic E-state index is 12.9. The largest absolute Gasteiger partial charge is 0.380 e. The number of nitrogens with zero attached hydrogens (tertiary/aromatic N) is 2. The van der Waals surface area contributed by atoms with Crippen LogP contribution in [0.2, 0.25) is 0 Å². The Kier molecular flexibility index (Phi) is 6.52. The Morgan fingerprint density at radius 3 is 2.70 bits per heavy atom. The number of thiazole rings is 1. The minimum Gasteiger partial charge on any atom is -0.380 e. The highest BCUT2D eigenvalue weighted by molar-refractivity contribution is 7.98. The molecule has 1 aromatic heterocycles. The monoisotopic (exact) mass is 400 g/mol. The first-order chi connectivity index (χ1) is 13.0. The third-order valence-electron chi connectivity index (χ3n) is 4.50. The van der Waals surface area contributed by atoms with E-state index in [0.717, 1.165) is 19.9 Å². The van der Waals surface area contributed by atoms with Gasteiger partial charge in [0.05, 0.1) is 22.4 Å². The second kappa shape index (κ2) is 8.87. The number of carbonyl (C=O) groups excluding carboxylic acids is 1. The molecule has 142 valence electrons. The van der Waals surface area contributed by atoms with Crippen LogP contribution in [0.1, 0.15) is 28.4 Å². The van der Waals surface area contributed by atoms with Gasteiger partial charge in [0.1, 0.15) is 0 Å². The van der Waals surface area contributed by atoms with E-state index in [2.05, 4.69) is 35.5 Å². The molecular formula is C21H24N2O2S2. The Hall–Kier alpha value is -1.89. The van der Waals surface area contributed by atoms with Gasteiger partial charge >= 0.3 is 0 Å². The molecule has 0 fully saturated rings. The molecule has 0 unspecified atom stereocenters. The lowest BCUT2D eigenvalue weighted by atomic mass is 10.1. The summed E-state index contributed by atoms with van der Waals surface area (Å²) in [6, 6.07) is 12.0. The summed E-state index contributed by atoms with van der Waals surface area (Å²) in [4.78, 5) is 19.0. The van der Waals surface area contributed by atoms with Crippen LogP contribution < -0.4 is 4.80 Å². The van der Waals surface area contributed by atoms with Crippen molar-refractivity contribution in [3.63, 3.8) is 0 Å². The SMILES string of the molecule is CCOCCn1c(=NC(=O)c2ccccc2SC)sc2cc(C)c(C)cc21. The first-order valence-corrected chi connectivity index (χ1v) is 11.0. The smallest absolute Gasteiger partial charge is 0.280 e. The topological polar surface area (TPSA) is 43.6 Å². The zero-order valence-electron chi connectivity index (χ0n) is 16.1. The number of thioether (sulfide) groups is 1. The van der Waals surface area contributed by atoms with Gasteiger partial charge in [0, 0.05) is 18.0 Å². The van der Waals surface area contributed by atoms with Gasteiger partial charge in [-0.05, 0) is 62.4 Å². The summed E-state index contributed by atoms with van der Waals surface area (Å²) < 4.78 is 8.78. The van der Waals surface area contributed by atoms with Crippen molar-refractivity contribution in [1.82, 2.24) is 4.57 Å². The quantitative estimate of drug-likeness (QED) is 0.440. The standard InChI is InChI=1S/C21H24N2O2S2/c1-5-25-11-10-23-17-12-14(2)15(3)13-19(17)27-21(23)22-20(24)16-8-6-7-9-18(16)26-4/h6-9,12-13H,5,10-11H2,1-4H3. The van der Waals surface area contributed by atoms with Crippen LogP contribution >= 0.6 is 23.1 Å². The molecule has 0 N–H and O–H groups in total. The molecule has 0 saturated carbocycles. The van der Waals surface area contributed by atoms with Crippen LogP contribution in [0.15, 0.2) is 46.3 Å². The van der Waals surface area contributed by atoms with E-state index in [1.54, 1.807) is 23.1 Å². The summed E-state index contributed by atoms with van der Waals surface area (Å²) >= 11 is 3.11. The van der Waals surface area contributed by atoms with Crippen molar-refractivity contribution < 1.29 is 9.53 Å². The van der Waals surface area contributed by atoms with Crippen molar-refractivity contribution in [3.8, 4) is 0 Å². The van der Waals surface area contributed by atoms with Crippen LogP contribution in [0.4, 0.5) is 0 Å². The molecule has 0 aliphatic carbocycles. The molecule has 4 nitrogen and oxygen atoms in total. The van der Waals surface area contributed by atoms with Crippen molar-refractivity contribution in [3.05, 3.63) is 57.9 Å². The second-order valence-electron chi connectivity index (χ2n) is 6.25. The zero-order valence-corrected chi connectivity index (χ0v) is 17.7. The van der Waals surface area contributed by atoms with E-state index in [9.17, 15) is 4.79 Å². The maximum absolute atomic E-state index is 12.9. The van der Waals surface area contributed by atoms with Crippen molar-refractivity contribution >= 4 is 39.2 Å². The van der Waals surface area contributed by atoms with E-state index in [1.807, 2.05) is 37.4 Å². The zero-order chi connectivity index (χ0) is 19.4. The highest BCUT2D eigenvalue weighted by Crippen LogP contribution is 2.23. The molecule has 2 aromatic carbocycles. The summed E-state index contributed by atoms with van der Waals surface area (Å²) in [6.45, 7) is 8.14. The Balaban J connectivity index is 2.12. The van der Waals surface area contributed by atoms with Gasteiger partial charge in [-0.25, -0.2) is 0 Å². The molecule has 0 aliphatic rings. The summed E-state index contributed by atoms with van der Waals surface area (Å²) in [7, 11) is 0. The van der Waals surface area contributed by atoms with Gasteiger partial charge in [-0.3, -0.25) is 4.79 Å². The Bertz CT molecular complexity index is 1030. The number of carbonyl (C=O) groups is 1. The van der Waals surface area contributed by atoms with Gasteiger partial charge in [-0.1, -0.05) is 23.5 Å². The van der Waals surface area contributed by atoms with Gasteiger partial charge in [0.15, 0.2) is 4.80 Å². The predicted molar refractivity (Wildman–Crippen MR) is 114 cm³/mol. The Morgan fingerprint density at radius 1 is 1.22 bits per heavy atom. The molecule has 0 bridgehead atoms. The second-order valence-corrected chi connectivity index (χ2v) is 8.11. The van der Waals surface area contributed by atoms with Gasteiger partial charge in [-0.15, -0.1) is 11.8 Å². The average Bonchev–Trinajstić information content (AvgIpc) is 2.98. The highest BCUT2D eigenvalue weighted by atomic mass is 32.2. The van der Waals surface area contributed by atoms with Gasteiger partial charge in [0.25, 0.3) is 5.91 Å². The van der Waals surface area contributed by atoms with Crippen LogP contribution in [0.5, 0.6) is 0 Å². The van der Waals surface area contributed by atoms with E-state index in [-0.39, 0.29) is 5.91 Å². The molecular weight excluding hydrogens is 376 g/mol. The molecule has 0 saturated heterocycles. The third kappa shape index (κ3) is 4.34. The predicted octanol–water partition coefficient (Wildman–Crippen LogP) is 4.82. The molecule has 6 heteroatoms. The number of rotatable bonds is 6. The van der Waals surface area contributed by atoms with Crippen molar-refractivity contribution in [2.45, 2.75) is 32.2 Å². The lowest BCUT2D eigenvalue weighted by molar-refractivity contribution is 0.0994. The molecule has 27 heavy (non-hydrogen) atoms. The van der Waals surface area contributed by atoms with E-state index in [4.69, 9.17) is 4.74 Å². The average molecular weight is 401 g/mol. The third-order valence-corrected chi connectivity index (χ3v) is 6.33. The normalized spacial score (nSPS) is 12.1. The van der Waals surface area contributed by atoms with Crippen LogP contribution in [0.25, 0.3) is 10.2 Å². The van der Waals surface area contributed by atoms with Crippen molar-refractivity contribution in [2.24, 2.45) is 4.99 Å². The molecule has 3 rings (SSSR count). The summed E-state index contributed by atoms with van der Waals surface area (Å²) in [6.07, 6.45) is 1.97. The number of aromatic nitrogens is 1. The lowest BCUT2D eigenvalue weighted by Gasteiger charge is -2.07. The fraction of sp³-hybridized carbons (Fsp3) is 0.333. The Morgan fingerprint density at radius 2 is 1.96 bits per heavy atom. The van der Waals surface area contributed by atoms with Gasteiger partial charge in [-0.2, -0.15) is 4.99 Å². The van der Waals surface area contributed by atoms with Crippen molar-refractivity contribution in [2.75, 3.05) is 19.5 Å². The van der Waals surface area contributed by atoms with Crippen LogP contribution in [0.3, 0.4) is 0 Å². The fourth-order valence-electron chi connectivity index (χ4n) is 2.89. The highest BCUT2D eigenvalue weighted by Gasteiger charge is 2.13. The number of benzene rings is 2. The maximum Gasteiger partial charge on any atom is 0.280 e. The van der Waals surface area contributed by atoms with E-state index in [0.29, 0.717) is 25.3 Å². The molecule has 0 radical (unpaired) electrons. The lowest BCUT2D eigenvalue weighted by Crippen LogP contribution is -2.20. The number of amides is 1. The summed E-state index contributed by atoms with van der Waals surface area (Å²) in [5.41, 5.74) is 4.22. The molecule has 1 amide bonds. The molecule has 0 atom stereocenters. The minimum absolute atomic E-state index is 0.204. The number of hydrogen-bond donors (Lipinski definition) is 0. The number of hydrogen-bond acceptors (Lipinski definition) is 4. The van der Waals surface area contributed by atoms with Crippen LogP contribution in [-0.4, -0.2) is 29.9 Å². The first kappa shape index (κ1) is 19.9. The van der Waals surface area contributed by atoms with E-state index >= 15 is 0 Å². The van der Waals surface area contributed by atoms with Gasteiger partial charge in [0.2, 0.25) is 0 Å². The van der Waals surface area contributed by atoms with Gasteiger partial charge < -0.3 is 9.30 Å². The first-order valence-electron chi connectivity index (χ1n) is 8.95. The Labute approximate surface area is 167 Å². The van der Waals surface area contributed by atoms with E-state index < -0.39 is 0 Å². The molecule has 0 spiro atoms. The number of ether oxygens (including phenoxy) is 1.